The second-order valence-corrected chi connectivity index (χ2v) is 3.97. The van der Waals surface area contributed by atoms with E-state index < -0.39 is 5.60 Å². The van der Waals surface area contributed by atoms with Gasteiger partial charge in [-0.15, -0.1) is 0 Å². The maximum Gasteiger partial charge on any atom is 0.125 e. The van der Waals surface area contributed by atoms with Gasteiger partial charge in [0.25, 0.3) is 0 Å². The molecular formula is C10H14O. The second-order valence-electron chi connectivity index (χ2n) is 3.97. The minimum Gasteiger partial charge on any atom is -0.378 e. The van der Waals surface area contributed by atoms with Crippen LogP contribution >= 0.6 is 0 Å². The second kappa shape index (κ2) is 2.25. The maximum atomic E-state index is 9.76. The molecule has 0 aromatic carbocycles. The van der Waals surface area contributed by atoms with Gasteiger partial charge in [-0.25, -0.2) is 0 Å². The average molecular weight is 150 g/mol. The van der Waals surface area contributed by atoms with E-state index in [1.807, 2.05) is 6.92 Å². The van der Waals surface area contributed by atoms with Crippen LogP contribution < -0.4 is 0 Å². The van der Waals surface area contributed by atoms with Gasteiger partial charge in [0.1, 0.15) is 5.60 Å². The van der Waals surface area contributed by atoms with Crippen molar-refractivity contribution in [1.29, 1.82) is 0 Å². The topological polar surface area (TPSA) is 20.2 Å². The molecule has 0 radical (unpaired) electrons. The first kappa shape index (κ1) is 7.18. The lowest BCUT2D eigenvalue weighted by molar-refractivity contribution is 0.0979. The van der Waals surface area contributed by atoms with Crippen molar-refractivity contribution >= 4 is 0 Å². The Morgan fingerprint density at radius 1 is 1.27 bits per heavy atom. The highest BCUT2D eigenvalue weighted by atomic mass is 16.3. The Labute approximate surface area is 67.8 Å². The zero-order valence-electron chi connectivity index (χ0n) is 6.93. The van der Waals surface area contributed by atoms with E-state index in [4.69, 9.17) is 0 Å². The molecule has 1 N–H and O–H groups in total. The minimum atomic E-state index is -0.678. The van der Waals surface area contributed by atoms with Crippen LogP contribution in [0.5, 0.6) is 0 Å². The van der Waals surface area contributed by atoms with E-state index in [1.165, 1.54) is 12.8 Å². The van der Waals surface area contributed by atoms with Crippen molar-refractivity contribution in [2.45, 2.75) is 38.2 Å². The van der Waals surface area contributed by atoms with Crippen LogP contribution in [0.15, 0.2) is 0 Å². The smallest absolute Gasteiger partial charge is 0.125 e. The van der Waals surface area contributed by atoms with Gasteiger partial charge >= 0.3 is 0 Å². The molecular weight excluding hydrogens is 136 g/mol. The quantitative estimate of drug-likeness (QED) is 0.562. The van der Waals surface area contributed by atoms with Crippen molar-refractivity contribution in [1.82, 2.24) is 0 Å². The third kappa shape index (κ3) is 1.75. The van der Waals surface area contributed by atoms with Crippen LogP contribution in [0.4, 0.5) is 0 Å². The Morgan fingerprint density at radius 2 is 1.91 bits per heavy atom. The third-order valence-corrected chi connectivity index (χ3v) is 2.48. The summed E-state index contributed by atoms with van der Waals surface area (Å²) in [7, 11) is 0. The first-order valence-electron chi connectivity index (χ1n) is 4.43. The molecule has 0 heterocycles. The Bertz CT molecular complexity index is 211. The fourth-order valence-electron chi connectivity index (χ4n) is 1.22. The summed E-state index contributed by atoms with van der Waals surface area (Å²) in [5.74, 6) is 7.18. The van der Waals surface area contributed by atoms with Crippen LogP contribution in [-0.2, 0) is 0 Å². The first-order valence-corrected chi connectivity index (χ1v) is 4.43. The molecule has 60 valence electrons. The SMILES string of the molecule is C[C@@](O)(C#CC1CC1)C1CC1. The number of hydrogen-bond acceptors (Lipinski definition) is 1. The Kier molecular flexibility index (Phi) is 1.47. The van der Waals surface area contributed by atoms with Crippen molar-refractivity contribution < 1.29 is 5.11 Å². The summed E-state index contributed by atoms with van der Waals surface area (Å²) in [5.41, 5.74) is -0.678. The molecule has 0 aromatic heterocycles. The molecule has 0 bridgehead atoms. The van der Waals surface area contributed by atoms with Crippen LogP contribution in [-0.4, -0.2) is 10.7 Å². The summed E-state index contributed by atoms with van der Waals surface area (Å²) in [6.45, 7) is 1.85. The van der Waals surface area contributed by atoms with E-state index in [9.17, 15) is 5.11 Å². The van der Waals surface area contributed by atoms with E-state index >= 15 is 0 Å². The fourth-order valence-corrected chi connectivity index (χ4v) is 1.22. The predicted octanol–water partition coefficient (Wildman–Crippen LogP) is 1.56. The van der Waals surface area contributed by atoms with E-state index in [0.717, 1.165) is 12.8 Å². The van der Waals surface area contributed by atoms with Gasteiger partial charge in [-0.2, -0.15) is 0 Å². The van der Waals surface area contributed by atoms with Gasteiger partial charge in [-0.1, -0.05) is 11.8 Å². The molecule has 0 aliphatic heterocycles. The van der Waals surface area contributed by atoms with E-state index in [0.29, 0.717) is 11.8 Å². The number of aliphatic hydroxyl groups is 1. The average Bonchev–Trinajstić information content (AvgIpc) is 2.79. The van der Waals surface area contributed by atoms with E-state index in [2.05, 4.69) is 11.8 Å². The molecule has 2 saturated carbocycles. The number of hydrogen-bond donors (Lipinski definition) is 1. The molecule has 1 atom stereocenters. The highest BCUT2D eigenvalue weighted by molar-refractivity contribution is 5.20. The molecule has 0 aromatic rings. The van der Waals surface area contributed by atoms with Gasteiger partial charge in [0, 0.05) is 5.92 Å². The predicted molar refractivity (Wildman–Crippen MR) is 43.8 cm³/mol. The lowest BCUT2D eigenvalue weighted by Gasteiger charge is -2.14. The molecule has 0 saturated heterocycles. The lowest BCUT2D eigenvalue weighted by atomic mass is 10.0. The van der Waals surface area contributed by atoms with Gasteiger partial charge in [0.05, 0.1) is 0 Å². The zero-order chi connectivity index (χ0) is 7.90. The maximum absolute atomic E-state index is 9.76. The molecule has 2 aliphatic rings. The molecule has 2 rings (SSSR count). The molecule has 0 amide bonds. The molecule has 1 nitrogen and oxygen atoms in total. The van der Waals surface area contributed by atoms with Crippen LogP contribution in [0.3, 0.4) is 0 Å². The summed E-state index contributed by atoms with van der Waals surface area (Å²) >= 11 is 0. The summed E-state index contributed by atoms with van der Waals surface area (Å²) in [6, 6.07) is 0. The molecule has 11 heavy (non-hydrogen) atoms. The Morgan fingerprint density at radius 3 is 2.36 bits per heavy atom. The van der Waals surface area contributed by atoms with Crippen LogP contribution in [0.1, 0.15) is 32.6 Å². The number of rotatable bonds is 1. The van der Waals surface area contributed by atoms with Crippen LogP contribution in [0.25, 0.3) is 0 Å². The molecule has 0 unspecified atom stereocenters. The zero-order valence-corrected chi connectivity index (χ0v) is 6.93. The fraction of sp³-hybridized carbons (Fsp3) is 0.800. The van der Waals surface area contributed by atoms with Gasteiger partial charge in [-0.05, 0) is 38.5 Å². The van der Waals surface area contributed by atoms with Crippen LogP contribution in [0, 0.1) is 23.7 Å². The highest BCUT2D eigenvalue weighted by Gasteiger charge is 2.38. The summed E-state index contributed by atoms with van der Waals surface area (Å²) in [6.07, 6.45) is 4.81. The monoisotopic (exact) mass is 150 g/mol. The molecule has 0 spiro atoms. The van der Waals surface area contributed by atoms with Gasteiger partial charge in [0.2, 0.25) is 0 Å². The van der Waals surface area contributed by atoms with Crippen molar-refractivity contribution in [3.63, 3.8) is 0 Å². The third-order valence-electron chi connectivity index (χ3n) is 2.48. The molecule has 2 aliphatic carbocycles. The highest BCUT2D eigenvalue weighted by Crippen LogP contribution is 2.39. The molecule has 2 fully saturated rings. The summed E-state index contributed by atoms with van der Waals surface area (Å²) in [4.78, 5) is 0. The van der Waals surface area contributed by atoms with Gasteiger partial charge < -0.3 is 5.11 Å². The minimum absolute atomic E-state index is 0.466. The Balaban J connectivity index is 1.96. The molecule has 1 heteroatoms. The summed E-state index contributed by atoms with van der Waals surface area (Å²) in [5, 5.41) is 9.76. The lowest BCUT2D eigenvalue weighted by Crippen LogP contribution is -2.24. The first-order chi connectivity index (χ1) is 5.18. The van der Waals surface area contributed by atoms with Crippen molar-refractivity contribution in [2.24, 2.45) is 11.8 Å². The largest absolute Gasteiger partial charge is 0.378 e. The van der Waals surface area contributed by atoms with E-state index in [1.54, 1.807) is 0 Å². The van der Waals surface area contributed by atoms with Gasteiger partial charge in [0.15, 0.2) is 0 Å². The van der Waals surface area contributed by atoms with Crippen LogP contribution in [0.2, 0.25) is 0 Å². The normalized spacial score (nSPS) is 28.5. The van der Waals surface area contributed by atoms with Crippen molar-refractivity contribution in [3.8, 4) is 11.8 Å². The summed E-state index contributed by atoms with van der Waals surface area (Å²) < 4.78 is 0. The Hall–Kier alpha value is -0.480. The standard InChI is InChI=1S/C10H14O/c1-10(11,9-4-5-9)7-6-8-2-3-8/h8-9,11H,2-5H2,1H3/t10-/m1/s1. The van der Waals surface area contributed by atoms with Gasteiger partial charge in [-0.3, -0.25) is 0 Å². The van der Waals surface area contributed by atoms with Crippen molar-refractivity contribution in [2.75, 3.05) is 0 Å². The van der Waals surface area contributed by atoms with E-state index in [-0.39, 0.29) is 0 Å². The van der Waals surface area contributed by atoms with Crippen molar-refractivity contribution in [3.05, 3.63) is 0 Å².